The van der Waals surface area contributed by atoms with Gasteiger partial charge in [-0.25, -0.2) is 0 Å². The quantitative estimate of drug-likeness (QED) is 0.754. The lowest BCUT2D eigenvalue weighted by atomic mass is 9.78. The van der Waals surface area contributed by atoms with Crippen LogP contribution in [0.5, 0.6) is 0 Å². The number of ether oxygens (including phenoxy) is 2. The molecule has 0 saturated heterocycles. The van der Waals surface area contributed by atoms with Gasteiger partial charge in [0.2, 0.25) is 0 Å². The molecule has 108 valence electrons. The van der Waals surface area contributed by atoms with E-state index in [4.69, 9.17) is 15.2 Å². The fraction of sp³-hybridized carbons (Fsp3) is 1.00. The van der Waals surface area contributed by atoms with Crippen LogP contribution in [0, 0.1) is 0 Å². The topological polar surface area (TPSA) is 47.7 Å². The predicted octanol–water partition coefficient (Wildman–Crippen LogP) is 1.63. The van der Waals surface area contributed by atoms with Crippen LogP contribution in [0.1, 0.15) is 39.5 Å². The number of methoxy groups -OCH3 is 2. The zero-order valence-corrected chi connectivity index (χ0v) is 12.4. The first-order chi connectivity index (χ1) is 8.59. The summed E-state index contributed by atoms with van der Waals surface area (Å²) in [5.74, 6) is 0. The number of hydrogen-bond acceptors (Lipinski definition) is 4. The van der Waals surface area contributed by atoms with Crippen molar-refractivity contribution in [1.82, 2.24) is 4.90 Å². The molecule has 1 rings (SSSR count). The summed E-state index contributed by atoms with van der Waals surface area (Å²) in [4.78, 5) is 2.52. The molecule has 0 aromatic rings. The number of rotatable bonds is 7. The molecule has 18 heavy (non-hydrogen) atoms. The average Bonchev–Trinajstić information content (AvgIpc) is 2.39. The van der Waals surface area contributed by atoms with Crippen molar-refractivity contribution in [3.63, 3.8) is 0 Å². The normalized spacial score (nSPS) is 29.2. The van der Waals surface area contributed by atoms with Gasteiger partial charge in [0, 0.05) is 38.9 Å². The minimum Gasteiger partial charge on any atom is -0.383 e. The molecule has 0 amide bonds. The van der Waals surface area contributed by atoms with Crippen molar-refractivity contribution >= 4 is 0 Å². The molecule has 0 aromatic heterocycles. The Kier molecular flexibility index (Phi) is 6.57. The molecule has 0 spiro atoms. The first-order valence-electron chi connectivity index (χ1n) is 7.08. The van der Waals surface area contributed by atoms with Crippen molar-refractivity contribution in [3.8, 4) is 0 Å². The molecule has 2 unspecified atom stereocenters. The third kappa shape index (κ3) is 3.67. The molecule has 0 heterocycles. The third-order valence-corrected chi connectivity index (χ3v) is 4.26. The van der Waals surface area contributed by atoms with Gasteiger partial charge in [-0.15, -0.1) is 0 Å². The van der Waals surface area contributed by atoms with Gasteiger partial charge in [0.1, 0.15) is 0 Å². The summed E-state index contributed by atoms with van der Waals surface area (Å²) in [6.07, 6.45) is 4.93. The Hall–Kier alpha value is -0.160. The van der Waals surface area contributed by atoms with E-state index >= 15 is 0 Å². The summed E-state index contributed by atoms with van der Waals surface area (Å²) in [6, 6.07) is 0.485. The Bertz CT molecular complexity index is 236. The van der Waals surface area contributed by atoms with Gasteiger partial charge < -0.3 is 15.2 Å². The van der Waals surface area contributed by atoms with Crippen LogP contribution in [0.3, 0.4) is 0 Å². The van der Waals surface area contributed by atoms with Gasteiger partial charge >= 0.3 is 0 Å². The Morgan fingerprint density at radius 2 is 2.11 bits per heavy atom. The van der Waals surface area contributed by atoms with Crippen molar-refractivity contribution in [3.05, 3.63) is 0 Å². The van der Waals surface area contributed by atoms with Crippen molar-refractivity contribution < 1.29 is 9.47 Å². The van der Waals surface area contributed by atoms with E-state index in [-0.39, 0.29) is 5.54 Å². The zero-order valence-electron chi connectivity index (χ0n) is 12.4. The minimum absolute atomic E-state index is 0.0889. The van der Waals surface area contributed by atoms with Crippen LogP contribution in [0.2, 0.25) is 0 Å². The molecule has 2 atom stereocenters. The molecule has 0 aliphatic heterocycles. The van der Waals surface area contributed by atoms with Gasteiger partial charge in [0.15, 0.2) is 0 Å². The molecule has 2 N–H and O–H groups in total. The van der Waals surface area contributed by atoms with E-state index in [1.54, 1.807) is 7.11 Å². The van der Waals surface area contributed by atoms with Gasteiger partial charge in [-0.3, -0.25) is 4.90 Å². The molecule has 0 aromatic carbocycles. The van der Waals surface area contributed by atoms with E-state index in [1.165, 1.54) is 12.8 Å². The highest BCUT2D eigenvalue weighted by Gasteiger charge is 2.41. The maximum Gasteiger partial charge on any atom is 0.0590 e. The van der Waals surface area contributed by atoms with E-state index in [2.05, 4.69) is 18.7 Å². The van der Waals surface area contributed by atoms with Crippen LogP contribution in [-0.2, 0) is 9.47 Å². The molecule has 0 bridgehead atoms. The fourth-order valence-corrected chi connectivity index (χ4v) is 3.28. The van der Waals surface area contributed by atoms with Crippen LogP contribution >= 0.6 is 0 Å². The second-order valence-corrected chi connectivity index (χ2v) is 5.66. The lowest BCUT2D eigenvalue weighted by molar-refractivity contribution is -0.0424. The maximum absolute atomic E-state index is 6.13. The lowest BCUT2D eigenvalue weighted by Gasteiger charge is -2.49. The van der Waals surface area contributed by atoms with Crippen LogP contribution in [0.4, 0.5) is 0 Å². The van der Waals surface area contributed by atoms with E-state index in [9.17, 15) is 0 Å². The highest BCUT2D eigenvalue weighted by Crippen LogP contribution is 2.35. The summed E-state index contributed by atoms with van der Waals surface area (Å²) in [5, 5.41) is 0. The van der Waals surface area contributed by atoms with Crippen LogP contribution in [0.15, 0.2) is 0 Å². The summed E-state index contributed by atoms with van der Waals surface area (Å²) >= 11 is 0. The maximum atomic E-state index is 6.13. The first-order valence-corrected chi connectivity index (χ1v) is 7.08. The van der Waals surface area contributed by atoms with Crippen LogP contribution in [-0.4, -0.2) is 56.5 Å². The van der Waals surface area contributed by atoms with E-state index in [0.29, 0.717) is 18.7 Å². The van der Waals surface area contributed by atoms with Gasteiger partial charge in [0.05, 0.1) is 12.7 Å². The minimum atomic E-state index is 0.0889. The Morgan fingerprint density at radius 1 is 1.39 bits per heavy atom. The Labute approximate surface area is 112 Å². The van der Waals surface area contributed by atoms with Crippen LogP contribution < -0.4 is 5.73 Å². The molecular weight excluding hydrogens is 228 g/mol. The SMILES string of the molecule is COCCN(C(C)C)C1(CN)CCCC(OC)C1. The van der Waals surface area contributed by atoms with Gasteiger partial charge in [-0.1, -0.05) is 0 Å². The molecule has 1 aliphatic carbocycles. The molecule has 1 fully saturated rings. The smallest absolute Gasteiger partial charge is 0.0590 e. The predicted molar refractivity (Wildman–Crippen MR) is 74.8 cm³/mol. The number of nitrogens with zero attached hydrogens (tertiary/aromatic N) is 1. The van der Waals surface area contributed by atoms with Crippen molar-refractivity contribution in [2.75, 3.05) is 33.9 Å². The van der Waals surface area contributed by atoms with Crippen molar-refractivity contribution in [1.29, 1.82) is 0 Å². The van der Waals surface area contributed by atoms with Gasteiger partial charge in [0.25, 0.3) is 0 Å². The molecule has 1 saturated carbocycles. The summed E-state index contributed by atoms with van der Waals surface area (Å²) < 4.78 is 10.8. The Morgan fingerprint density at radius 3 is 2.61 bits per heavy atom. The molecular formula is C14H30N2O2. The van der Waals surface area contributed by atoms with E-state index < -0.39 is 0 Å². The third-order valence-electron chi connectivity index (χ3n) is 4.26. The average molecular weight is 258 g/mol. The summed E-state index contributed by atoms with van der Waals surface area (Å²) in [6.45, 7) is 6.89. The molecule has 1 aliphatic rings. The molecule has 4 nitrogen and oxygen atoms in total. The summed E-state index contributed by atoms with van der Waals surface area (Å²) in [5.41, 5.74) is 6.22. The Balaban J connectivity index is 2.80. The standard InChI is InChI=1S/C14H30N2O2/c1-12(2)16(8-9-17-3)14(11-15)7-5-6-13(10-14)18-4/h12-13H,5-11,15H2,1-4H3. The van der Waals surface area contributed by atoms with Crippen molar-refractivity contribution in [2.24, 2.45) is 5.73 Å². The van der Waals surface area contributed by atoms with Gasteiger partial charge in [-0.2, -0.15) is 0 Å². The lowest BCUT2D eigenvalue weighted by Crippen LogP contribution is -2.60. The molecule has 0 radical (unpaired) electrons. The van der Waals surface area contributed by atoms with Crippen molar-refractivity contribution in [2.45, 2.75) is 57.2 Å². The fourth-order valence-electron chi connectivity index (χ4n) is 3.28. The first kappa shape index (κ1) is 15.9. The van der Waals surface area contributed by atoms with Crippen LogP contribution in [0.25, 0.3) is 0 Å². The van der Waals surface area contributed by atoms with E-state index in [1.807, 2.05) is 7.11 Å². The molecule has 4 heteroatoms. The largest absolute Gasteiger partial charge is 0.383 e. The second kappa shape index (κ2) is 7.43. The second-order valence-electron chi connectivity index (χ2n) is 5.66. The van der Waals surface area contributed by atoms with E-state index in [0.717, 1.165) is 26.0 Å². The monoisotopic (exact) mass is 258 g/mol. The highest BCUT2D eigenvalue weighted by molar-refractivity contribution is 4.98. The van der Waals surface area contributed by atoms with Gasteiger partial charge in [-0.05, 0) is 39.5 Å². The summed E-state index contributed by atoms with van der Waals surface area (Å²) in [7, 11) is 3.57. The number of nitrogens with two attached hydrogens (primary N) is 1. The zero-order chi connectivity index (χ0) is 13.6. The highest BCUT2D eigenvalue weighted by atomic mass is 16.5. The number of hydrogen-bond donors (Lipinski definition) is 1.